The van der Waals surface area contributed by atoms with Crippen molar-refractivity contribution < 1.29 is 4.79 Å². The number of benzene rings is 1. The van der Waals surface area contributed by atoms with Crippen LogP contribution >= 0.6 is 0 Å². The van der Waals surface area contributed by atoms with E-state index in [2.05, 4.69) is 32.7 Å². The summed E-state index contributed by atoms with van der Waals surface area (Å²) < 4.78 is 0. The molecule has 0 saturated heterocycles. The fourth-order valence-corrected chi connectivity index (χ4v) is 2.97. The van der Waals surface area contributed by atoms with Gasteiger partial charge in [-0.2, -0.15) is 0 Å². The van der Waals surface area contributed by atoms with Crippen LogP contribution in [0.15, 0.2) is 18.2 Å². The van der Waals surface area contributed by atoms with Crippen LogP contribution in [0.25, 0.3) is 11.0 Å². The van der Waals surface area contributed by atoms with E-state index in [1.54, 1.807) is 0 Å². The summed E-state index contributed by atoms with van der Waals surface area (Å²) in [6, 6.07) is 6.52. The lowest BCUT2D eigenvalue weighted by atomic mass is 10.1. The highest BCUT2D eigenvalue weighted by Gasteiger charge is 2.16. The molecule has 2 amide bonds. The number of aryl methyl sites for hydroxylation is 1. The standard InChI is InChI=1S/C16H22N4O/c1-11-18-14-7-6-12(10-15(14)19-11)8-9-17-16(21)20-13-4-2-3-5-13/h6-7,10,13H,2-5,8-9H2,1H3,(H,18,19)(H2,17,20,21). The van der Waals surface area contributed by atoms with Crippen molar-refractivity contribution in [3.05, 3.63) is 29.6 Å². The Morgan fingerprint density at radius 2 is 2.19 bits per heavy atom. The van der Waals surface area contributed by atoms with Gasteiger partial charge in [0, 0.05) is 12.6 Å². The van der Waals surface area contributed by atoms with Gasteiger partial charge in [-0.25, -0.2) is 9.78 Å². The van der Waals surface area contributed by atoms with Crippen molar-refractivity contribution in [2.45, 2.75) is 45.1 Å². The molecule has 1 fully saturated rings. The number of carbonyl (C=O) groups excluding carboxylic acids is 1. The van der Waals surface area contributed by atoms with Gasteiger partial charge in [0.1, 0.15) is 5.82 Å². The van der Waals surface area contributed by atoms with E-state index in [0.29, 0.717) is 12.6 Å². The molecule has 1 aliphatic carbocycles. The van der Waals surface area contributed by atoms with E-state index in [-0.39, 0.29) is 6.03 Å². The van der Waals surface area contributed by atoms with Crippen LogP contribution in [0.4, 0.5) is 4.79 Å². The summed E-state index contributed by atoms with van der Waals surface area (Å²) in [5.41, 5.74) is 3.25. The number of aromatic nitrogens is 2. The minimum atomic E-state index is -0.0413. The third-order valence-electron chi connectivity index (χ3n) is 4.05. The van der Waals surface area contributed by atoms with E-state index in [9.17, 15) is 4.79 Å². The number of nitrogens with zero attached hydrogens (tertiary/aromatic N) is 1. The number of urea groups is 1. The lowest BCUT2D eigenvalue weighted by molar-refractivity contribution is 0.237. The largest absolute Gasteiger partial charge is 0.342 e. The second-order valence-corrected chi connectivity index (χ2v) is 5.81. The number of hydrogen-bond donors (Lipinski definition) is 3. The molecule has 0 atom stereocenters. The topological polar surface area (TPSA) is 69.8 Å². The van der Waals surface area contributed by atoms with Crippen LogP contribution in [0.5, 0.6) is 0 Å². The maximum Gasteiger partial charge on any atom is 0.315 e. The van der Waals surface area contributed by atoms with E-state index in [1.807, 2.05) is 13.0 Å². The lowest BCUT2D eigenvalue weighted by Crippen LogP contribution is -2.41. The minimum absolute atomic E-state index is 0.0413. The molecule has 2 aromatic rings. The average molecular weight is 286 g/mol. The molecular weight excluding hydrogens is 264 g/mol. The monoisotopic (exact) mass is 286 g/mol. The zero-order chi connectivity index (χ0) is 14.7. The molecule has 112 valence electrons. The van der Waals surface area contributed by atoms with Crippen LogP contribution in [0, 0.1) is 6.92 Å². The number of imidazole rings is 1. The third kappa shape index (κ3) is 3.54. The maximum absolute atomic E-state index is 11.8. The minimum Gasteiger partial charge on any atom is -0.342 e. The predicted octanol–water partition coefficient (Wildman–Crippen LogP) is 2.66. The first-order chi connectivity index (χ1) is 10.2. The molecule has 21 heavy (non-hydrogen) atoms. The van der Waals surface area contributed by atoms with E-state index < -0.39 is 0 Å². The van der Waals surface area contributed by atoms with Crippen molar-refractivity contribution in [2.24, 2.45) is 0 Å². The Labute approximate surface area is 124 Å². The second-order valence-electron chi connectivity index (χ2n) is 5.81. The van der Waals surface area contributed by atoms with Crippen molar-refractivity contribution in [1.29, 1.82) is 0 Å². The molecule has 5 heteroatoms. The van der Waals surface area contributed by atoms with E-state index in [4.69, 9.17) is 0 Å². The first-order valence-corrected chi connectivity index (χ1v) is 7.70. The van der Waals surface area contributed by atoms with Crippen molar-refractivity contribution in [2.75, 3.05) is 6.54 Å². The summed E-state index contributed by atoms with van der Waals surface area (Å²) in [6.07, 6.45) is 5.52. The molecule has 0 unspecified atom stereocenters. The Hall–Kier alpha value is -2.04. The number of H-pyrrole nitrogens is 1. The van der Waals surface area contributed by atoms with Gasteiger partial charge in [0.05, 0.1) is 11.0 Å². The normalized spacial score (nSPS) is 15.5. The number of hydrogen-bond acceptors (Lipinski definition) is 2. The van der Waals surface area contributed by atoms with Crippen LogP contribution in [-0.2, 0) is 6.42 Å². The number of amides is 2. The van der Waals surface area contributed by atoms with Crippen LogP contribution < -0.4 is 10.6 Å². The van der Waals surface area contributed by atoms with Crippen molar-refractivity contribution >= 4 is 17.1 Å². The third-order valence-corrected chi connectivity index (χ3v) is 4.05. The summed E-state index contributed by atoms with van der Waals surface area (Å²) in [7, 11) is 0. The molecule has 1 aromatic carbocycles. The quantitative estimate of drug-likeness (QED) is 0.808. The fraction of sp³-hybridized carbons (Fsp3) is 0.500. The van der Waals surface area contributed by atoms with Crippen molar-refractivity contribution in [3.8, 4) is 0 Å². The van der Waals surface area contributed by atoms with Gasteiger partial charge < -0.3 is 15.6 Å². The summed E-state index contributed by atoms with van der Waals surface area (Å²) in [5, 5.41) is 5.97. The molecule has 0 spiro atoms. The number of fused-ring (bicyclic) bond motifs is 1. The Morgan fingerprint density at radius 3 is 3.00 bits per heavy atom. The zero-order valence-corrected chi connectivity index (χ0v) is 12.4. The summed E-state index contributed by atoms with van der Waals surface area (Å²) in [4.78, 5) is 19.4. The first-order valence-electron chi connectivity index (χ1n) is 7.70. The van der Waals surface area contributed by atoms with E-state index >= 15 is 0 Å². The molecule has 1 saturated carbocycles. The molecular formula is C16H22N4O. The van der Waals surface area contributed by atoms with Crippen LogP contribution in [0.1, 0.15) is 37.1 Å². The molecule has 3 rings (SSSR count). The van der Waals surface area contributed by atoms with Gasteiger partial charge in [-0.3, -0.25) is 0 Å². The lowest BCUT2D eigenvalue weighted by Gasteiger charge is -2.12. The van der Waals surface area contributed by atoms with Gasteiger partial charge in [-0.05, 0) is 43.9 Å². The number of aromatic amines is 1. The molecule has 1 heterocycles. The number of carbonyl (C=O) groups is 1. The summed E-state index contributed by atoms with van der Waals surface area (Å²) in [5.74, 6) is 0.927. The molecule has 5 nitrogen and oxygen atoms in total. The molecule has 0 aliphatic heterocycles. The number of nitrogens with one attached hydrogen (secondary N) is 3. The predicted molar refractivity (Wildman–Crippen MR) is 83.3 cm³/mol. The number of rotatable bonds is 4. The van der Waals surface area contributed by atoms with Gasteiger partial charge in [0.25, 0.3) is 0 Å². The van der Waals surface area contributed by atoms with Crippen LogP contribution in [-0.4, -0.2) is 28.6 Å². The van der Waals surface area contributed by atoms with Gasteiger partial charge in [0.15, 0.2) is 0 Å². The molecule has 1 aliphatic rings. The smallest absolute Gasteiger partial charge is 0.315 e. The van der Waals surface area contributed by atoms with Crippen LogP contribution in [0.2, 0.25) is 0 Å². The van der Waals surface area contributed by atoms with Crippen molar-refractivity contribution in [1.82, 2.24) is 20.6 Å². The highest BCUT2D eigenvalue weighted by Crippen LogP contribution is 2.17. The fourth-order valence-electron chi connectivity index (χ4n) is 2.97. The van der Waals surface area contributed by atoms with Gasteiger partial charge in [-0.1, -0.05) is 18.9 Å². The molecule has 0 radical (unpaired) electrons. The zero-order valence-electron chi connectivity index (χ0n) is 12.4. The van der Waals surface area contributed by atoms with E-state index in [1.165, 1.54) is 18.4 Å². The Kier molecular flexibility index (Phi) is 4.08. The summed E-state index contributed by atoms with van der Waals surface area (Å²) in [6.45, 7) is 2.60. The Balaban J connectivity index is 1.48. The Bertz CT molecular complexity index is 628. The highest BCUT2D eigenvalue weighted by atomic mass is 16.2. The van der Waals surface area contributed by atoms with Gasteiger partial charge in [-0.15, -0.1) is 0 Å². The maximum atomic E-state index is 11.8. The molecule has 0 bridgehead atoms. The SMILES string of the molecule is Cc1nc2ccc(CCNC(=O)NC3CCCC3)cc2[nH]1. The van der Waals surface area contributed by atoms with Crippen LogP contribution in [0.3, 0.4) is 0 Å². The van der Waals surface area contributed by atoms with Gasteiger partial charge >= 0.3 is 6.03 Å². The van der Waals surface area contributed by atoms with E-state index in [0.717, 1.165) is 36.1 Å². The first kappa shape index (κ1) is 13.9. The van der Waals surface area contributed by atoms with Crippen molar-refractivity contribution in [3.63, 3.8) is 0 Å². The molecule has 3 N–H and O–H groups in total. The highest BCUT2D eigenvalue weighted by molar-refractivity contribution is 5.76. The second kappa shape index (κ2) is 6.16. The molecule has 1 aromatic heterocycles. The van der Waals surface area contributed by atoms with Gasteiger partial charge in [0.2, 0.25) is 0 Å². The average Bonchev–Trinajstić information content (AvgIpc) is 3.06. The summed E-state index contributed by atoms with van der Waals surface area (Å²) >= 11 is 0. The Morgan fingerprint density at radius 1 is 1.38 bits per heavy atom.